The van der Waals surface area contributed by atoms with Gasteiger partial charge in [0, 0.05) is 12.7 Å². The van der Waals surface area contributed by atoms with Gasteiger partial charge in [0.15, 0.2) is 16.7 Å². The van der Waals surface area contributed by atoms with Crippen LogP contribution in [0.15, 0.2) is 42.6 Å². The molecule has 2 rings (SSSR count). The summed E-state index contributed by atoms with van der Waals surface area (Å²) in [5.74, 6) is 2.16. The van der Waals surface area contributed by atoms with Gasteiger partial charge in [-0.15, -0.1) is 0 Å². The molecule has 6 heteroatoms. The Hall–Kier alpha value is -2.34. The van der Waals surface area contributed by atoms with E-state index in [1.807, 2.05) is 24.3 Å². The Morgan fingerprint density at radius 2 is 2.04 bits per heavy atom. The molecule has 1 aromatic heterocycles. The minimum atomic E-state index is 0.535. The molecule has 0 saturated heterocycles. The summed E-state index contributed by atoms with van der Waals surface area (Å²) in [5, 5.41) is 6.75. The lowest BCUT2D eigenvalue weighted by molar-refractivity contribution is 0.414. The standard InChI is InChI=1S/C17H21N3O2S/c1-21-14-8-3-6-13(12-14)7-4-11-19-17(23)20-16-15(22-2)9-5-10-18-16/h3,5-6,8-10,12H,4,7,11H2,1-2H3,(H2,18,19,20,23). The number of benzene rings is 1. The molecule has 0 amide bonds. The number of hydrogen-bond donors (Lipinski definition) is 2. The molecule has 0 saturated carbocycles. The molecule has 122 valence electrons. The maximum Gasteiger partial charge on any atom is 0.174 e. The van der Waals surface area contributed by atoms with Gasteiger partial charge in [-0.25, -0.2) is 4.98 Å². The number of nitrogens with one attached hydrogen (secondary N) is 2. The fraction of sp³-hybridized carbons (Fsp3) is 0.294. The van der Waals surface area contributed by atoms with Crippen molar-refractivity contribution in [2.75, 3.05) is 26.1 Å². The Morgan fingerprint density at radius 1 is 1.17 bits per heavy atom. The van der Waals surface area contributed by atoms with Gasteiger partial charge in [0.05, 0.1) is 14.2 Å². The van der Waals surface area contributed by atoms with E-state index in [1.165, 1.54) is 5.56 Å². The lowest BCUT2D eigenvalue weighted by Crippen LogP contribution is -2.30. The third kappa shape index (κ3) is 5.41. The van der Waals surface area contributed by atoms with Crippen LogP contribution in [0.25, 0.3) is 0 Å². The van der Waals surface area contributed by atoms with Gasteiger partial charge in [-0.3, -0.25) is 0 Å². The number of nitrogens with zero attached hydrogens (tertiary/aromatic N) is 1. The topological polar surface area (TPSA) is 55.4 Å². The van der Waals surface area contributed by atoms with Crippen LogP contribution in [-0.2, 0) is 6.42 Å². The van der Waals surface area contributed by atoms with Crippen molar-refractivity contribution in [1.82, 2.24) is 10.3 Å². The average molecular weight is 331 g/mol. The first-order valence-electron chi connectivity index (χ1n) is 7.39. The van der Waals surface area contributed by atoms with Crippen LogP contribution in [0.4, 0.5) is 5.82 Å². The zero-order valence-electron chi connectivity index (χ0n) is 13.3. The van der Waals surface area contributed by atoms with Crippen LogP contribution < -0.4 is 20.1 Å². The lowest BCUT2D eigenvalue weighted by Gasteiger charge is -2.12. The molecule has 23 heavy (non-hydrogen) atoms. The highest BCUT2D eigenvalue weighted by atomic mass is 32.1. The second-order valence-electron chi connectivity index (χ2n) is 4.89. The first-order valence-corrected chi connectivity index (χ1v) is 7.80. The van der Waals surface area contributed by atoms with Crippen molar-refractivity contribution in [2.24, 2.45) is 0 Å². The van der Waals surface area contributed by atoms with Crippen molar-refractivity contribution in [3.63, 3.8) is 0 Å². The summed E-state index contributed by atoms with van der Waals surface area (Å²) in [6.07, 6.45) is 3.62. The van der Waals surface area contributed by atoms with Gasteiger partial charge < -0.3 is 20.1 Å². The van der Waals surface area contributed by atoms with Gasteiger partial charge >= 0.3 is 0 Å². The van der Waals surface area contributed by atoms with E-state index in [9.17, 15) is 0 Å². The molecule has 0 fully saturated rings. The van der Waals surface area contributed by atoms with E-state index in [0.717, 1.165) is 25.1 Å². The summed E-state index contributed by atoms with van der Waals surface area (Å²) in [5.41, 5.74) is 1.25. The Kier molecular flexibility index (Phi) is 6.62. The molecule has 0 radical (unpaired) electrons. The third-order valence-electron chi connectivity index (χ3n) is 3.28. The van der Waals surface area contributed by atoms with Gasteiger partial charge in [0.1, 0.15) is 5.75 Å². The maximum atomic E-state index is 5.28. The van der Waals surface area contributed by atoms with E-state index in [1.54, 1.807) is 20.4 Å². The van der Waals surface area contributed by atoms with Gasteiger partial charge in [-0.2, -0.15) is 0 Å². The Morgan fingerprint density at radius 3 is 2.83 bits per heavy atom. The molecule has 0 atom stereocenters. The van der Waals surface area contributed by atoms with E-state index in [2.05, 4.69) is 27.8 Å². The van der Waals surface area contributed by atoms with Crippen LogP contribution in [-0.4, -0.2) is 30.9 Å². The largest absolute Gasteiger partial charge is 0.497 e. The van der Waals surface area contributed by atoms with Gasteiger partial charge in [-0.1, -0.05) is 12.1 Å². The van der Waals surface area contributed by atoms with Gasteiger partial charge in [0.2, 0.25) is 0 Å². The zero-order chi connectivity index (χ0) is 16.5. The summed E-state index contributed by atoms with van der Waals surface area (Å²) >= 11 is 5.28. The summed E-state index contributed by atoms with van der Waals surface area (Å²) < 4.78 is 10.4. The number of hydrogen-bond acceptors (Lipinski definition) is 4. The number of anilines is 1. The Labute approximate surface area is 142 Å². The number of pyridine rings is 1. The monoisotopic (exact) mass is 331 g/mol. The number of aromatic nitrogens is 1. The fourth-order valence-corrected chi connectivity index (χ4v) is 2.32. The van der Waals surface area contributed by atoms with Gasteiger partial charge in [-0.05, 0) is 54.9 Å². The van der Waals surface area contributed by atoms with Crippen LogP contribution in [0.2, 0.25) is 0 Å². The van der Waals surface area contributed by atoms with E-state index in [4.69, 9.17) is 21.7 Å². The normalized spacial score (nSPS) is 10.0. The SMILES string of the molecule is COc1cccc(CCCNC(=S)Nc2ncccc2OC)c1. The molecule has 0 aliphatic carbocycles. The molecule has 0 unspecified atom stereocenters. The first-order chi connectivity index (χ1) is 11.2. The molecule has 0 spiro atoms. The molecule has 1 heterocycles. The predicted octanol–water partition coefficient (Wildman–Crippen LogP) is 3.02. The minimum absolute atomic E-state index is 0.535. The maximum absolute atomic E-state index is 5.28. The number of methoxy groups -OCH3 is 2. The quantitative estimate of drug-likeness (QED) is 0.601. The smallest absolute Gasteiger partial charge is 0.174 e. The molecule has 2 N–H and O–H groups in total. The van der Waals surface area contributed by atoms with Gasteiger partial charge in [0.25, 0.3) is 0 Å². The van der Waals surface area contributed by atoms with E-state index in [-0.39, 0.29) is 0 Å². The van der Waals surface area contributed by atoms with Crippen LogP contribution in [0.3, 0.4) is 0 Å². The number of rotatable bonds is 7. The lowest BCUT2D eigenvalue weighted by atomic mass is 10.1. The third-order valence-corrected chi connectivity index (χ3v) is 3.53. The molecule has 0 bridgehead atoms. The van der Waals surface area contributed by atoms with E-state index < -0.39 is 0 Å². The molecular weight excluding hydrogens is 310 g/mol. The number of aryl methyl sites for hydroxylation is 1. The van der Waals surface area contributed by atoms with E-state index in [0.29, 0.717) is 16.7 Å². The number of ether oxygens (including phenoxy) is 2. The summed E-state index contributed by atoms with van der Waals surface area (Å²) in [7, 11) is 3.28. The molecular formula is C17H21N3O2S. The fourth-order valence-electron chi connectivity index (χ4n) is 2.12. The Balaban J connectivity index is 1.74. The van der Waals surface area contributed by atoms with E-state index >= 15 is 0 Å². The molecule has 5 nitrogen and oxygen atoms in total. The number of thiocarbonyl (C=S) groups is 1. The van der Waals surface area contributed by atoms with Crippen molar-refractivity contribution in [3.8, 4) is 11.5 Å². The van der Waals surface area contributed by atoms with Crippen molar-refractivity contribution >= 4 is 23.1 Å². The second-order valence-corrected chi connectivity index (χ2v) is 5.30. The van der Waals surface area contributed by atoms with Crippen molar-refractivity contribution in [1.29, 1.82) is 0 Å². The molecule has 1 aromatic carbocycles. The highest BCUT2D eigenvalue weighted by molar-refractivity contribution is 7.80. The minimum Gasteiger partial charge on any atom is -0.497 e. The highest BCUT2D eigenvalue weighted by Gasteiger charge is 2.05. The first kappa shape index (κ1) is 17.0. The molecule has 2 aromatic rings. The Bertz CT molecular complexity index is 649. The summed E-state index contributed by atoms with van der Waals surface area (Å²) in [6, 6.07) is 11.7. The zero-order valence-corrected chi connectivity index (χ0v) is 14.2. The molecule has 0 aliphatic rings. The average Bonchev–Trinajstić information content (AvgIpc) is 2.59. The summed E-state index contributed by atoms with van der Waals surface area (Å²) in [4.78, 5) is 4.21. The molecule has 0 aliphatic heterocycles. The van der Waals surface area contributed by atoms with Crippen LogP contribution in [0.5, 0.6) is 11.5 Å². The van der Waals surface area contributed by atoms with Crippen LogP contribution >= 0.6 is 12.2 Å². The van der Waals surface area contributed by atoms with Crippen LogP contribution in [0, 0.1) is 0 Å². The second kappa shape index (κ2) is 8.95. The van der Waals surface area contributed by atoms with Crippen molar-refractivity contribution in [2.45, 2.75) is 12.8 Å². The summed E-state index contributed by atoms with van der Waals surface area (Å²) in [6.45, 7) is 0.776. The highest BCUT2D eigenvalue weighted by Crippen LogP contribution is 2.19. The predicted molar refractivity (Wildman–Crippen MR) is 96.3 cm³/mol. The van der Waals surface area contributed by atoms with Crippen LogP contribution in [0.1, 0.15) is 12.0 Å². The van der Waals surface area contributed by atoms with Crippen molar-refractivity contribution < 1.29 is 9.47 Å². The van der Waals surface area contributed by atoms with Crippen molar-refractivity contribution in [3.05, 3.63) is 48.2 Å².